The van der Waals surface area contributed by atoms with Crippen molar-refractivity contribution in [3.63, 3.8) is 0 Å². The third-order valence-electron chi connectivity index (χ3n) is 4.02. The summed E-state index contributed by atoms with van der Waals surface area (Å²) in [5.74, 6) is -0.373. The molecule has 120 valence electrons. The highest BCUT2D eigenvalue weighted by Crippen LogP contribution is 2.36. The average Bonchev–Trinajstić information content (AvgIpc) is 2.43. The van der Waals surface area contributed by atoms with Crippen LogP contribution in [0, 0.1) is 5.41 Å². The monoisotopic (exact) mass is 296 g/mol. The number of rotatable bonds is 3. The number of carbonyl (C=O) groups is 1. The highest BCUT2D eigenvalue weighted by Gasteiger charge is 2.43. The summed E-state index contributed by atoms with van der Waals surface area (Å²) in [5.41, 5.74) is 0.0904. The van der Waals surface area contributed by atoms with Gasteiger partial charge in [0.05, 0.1) is 13.2 Å². The number of hydrogen-bond donors (Lipinski definition) is 0. The molecule has 0 aromatic carbocycles. The summed E-state index contributed by atoms with van der Waals surface area (Å²) in [5, 5.41) is 0. The van der Waals surface area contributed by atoms with Crippen molar-refractivity contribution in [2.75, 3.05) is 46.9 Å². The molecule has 2 heterocycles. The van der Waals surface area contributed by atoms with Crippen LogP contribution in [0.2, 0.25) is 0 Å². The van der Waals surface area contributed by atoms with Crippen molar-refractivity contribution in [1.82, 2.24) is 9.80 Å². The molecular formula is C16H28N2O3. The van der Waals surface area contributed by atoms with Gasteiger partial charge in [-0.05, 0) is 14.1 Å². The molecule has 1 spiro atoms. The maximum atomic E-state index is 12.1. The lowest BCUT2D eigenvalue weighted by atomic mass is 9.92. The Morgan fingerprint density at radius 2 is 1.76 bits per heavy atom. The van der Waals surface area contributed by atoms with Crippen LogP contribution in [0.4, 0.5) is 0 Å². The zero-order valence-electron chi connectivity index (χ0n) is 13.7. The zero-order chi connectivity index (χ0) is 15.5. The maximum absolute atomic E-state index is 12.1. The molecule has 2 aliphatic rings. The van der Waals surface area contributed by atoms with Gasteiger partial charge in [0.1, 0.15) is 0 Å². The molecule has 2 saturated heterocycles. The first-order chi connectivity index (χ1) is 9.82. The lowest BCUT2D eigenvalue weighted by molar-refractivity contribution is -0.311. The summed E-state index contributed by atoms with van der Waals surface area (Å²) < 4.78 is 12.0. The normalized spacial score (nSPS) is 24.9. The van der Waals surface area contributed by atoms with Crippen LogP contribution in [-0.2, 0) is 14.3 Å². The topological polar surface area (TPSA) is 42.0 Å². The second-order valence-electron chi connectivity index (χ2n) is 7.14. The second-order valence-corrected chi connectivity index (χ2v) is 7.14. The van der Waals surface area contributed by atoms with Crippen LogP contribution >= 0.6 is 0 Å². The van der Waals surface area contributed by atoms with E-state index in [0.717, 1.165) is 32.6 Å². The summed E-state index contributed by atoms with van der Waals surface area (Å²) in [4.78, 5) is 16.0. The summed E-state index contributed by atoms with van der Waals surface area (Å²) in [6.45, 7) is 7.93. The number of carbonyl (C=O) groups excluding carboxylic acids is 1. The molecular weight excluding hydrogens is 268 g/mol. The Labute approximate surface area is 127 Å². The Morgan fingerprint density at radius 3 is 2.29 bits per heavy atom. The van der Waals surface area contributed by atoms with E-state index in [-0.39, 0.29) is 11.3 Å². The van der Waals surface area contributed by atoms with E-state index in [0.29, 0.717) is 13.1 Å². The number of hydrogen-bond acceptors (Lipinski definition) is 4. The first-order valence-electron chi connectivity index (χ1n) is 7.70. The fourth-order valence-corrected chi connectivity index (χ4v) is 2.56. The van der Waals surface area contributed by atoms with Gasteiger partial charge in [-0.3, -0.25) is 4.79 Å². The van der Waals surface area contributed by atoms with Crippen molar-refractivity contribution in [2.45, 2.75) is 32.5 Å². The number of piperidine rings is 1. The van der Waals surface area contributed by atoms with E-state index < -0.39 is 5.79 Å². The molecule has 0 aromatic heterocycles. The standard InChI is InChI=1S/C16H28N2O3/c1-15(2)12-20-16(21-13-15)7-10-18(11-8-16)14(19)6-5-9-17(3)4/h5-6H,7-13H2,1-4H3. The van der Waals surface area contributed by atoms with Crippen LogP contribution in [0.25, 0.3) is 0 Å². The van der Waals surface area contributed by atoms with Gasteiger partial charge in [-0.2, -0.15) is 0 Å². The summed E-state index contributed by atoms with van der Waals surface area (Å²) in [6, 6.07) is 0. The van der Waals surface area contributed by atoms with Gasteiger partial charge in [0.25, 0.3) is 0 Å². The van der Waals surface area contributed by atoms with Crippen molar-refractivity contribution in [3.8, 4) is 0 Å². The van der Waals surface area contributed by atoms with E-state index >= 15 is 0 Å². The van der Waals surface area contributed by atoms with E-state index in [4.69, 9.17) is 9.47 Å². The predicted molar refractivity (Wildman–Crippen MR) is 81.9 cm³/mol. The quantitative estimate of drug-likeness (QED) is 0.740. The summed E-state index contributed by atoms with van der Waals surface area (Å²) in [7, 11) is 3.97. The first-order valence-corrected chi connectivity index (χ1v) is 7.70. The van der Waals surface area contributed by atoms with Crippen molar-refractivity contribution in [3.05, 3.63) is 12.2 Å². The zero-order valence-corrected chi connectivity index (χ0v) is 13.7. The van der Waals surface area contributed by atoms with Gasteiger partial charge in [0, 0.05) is 44.0 Å². The lowest BCUT2D eigenvalue weighted by Gasteiger charge is -2.47. The fourth-order valence-electron chi connectivity index (χ4n) is 2.56. The lowest BCUT2D eigenvalue weighted by Crippen LogP contribution is -2.54. The van der Waals surface area contributed by atoms with Gasteiger partial charge < -0.3 is 19.3 Å². The van der Waals surface area contributed by atoms with Crippen molar-refractivity contribution < 1.29 is 14.3 Å². The van der Waals surface area contributed by atoms with Crippen molar-refractivity contribution in [1.29, 1.82) is 0 Å². The number of ether oxygens (including phenoxy) is 2. The van der Waals surface area contributed by atoms with Gasteiger partial charge in [-0.15, -0.1) is 0 Å². The molecule has 0 saturated carbocycles. The van der Waals surface area contributed by atoms with E-state index in [9.17, 15) is 4.79 Å². The Bertz CT molecular complexity index is 384. The van der Waals surface area contributed by atoms with E-state index in [2.05, 4.69) is 13.8 Å². The molecule has 0 unspecified atom stereocenters. The van der Waals surface area contributed by atoms with E-state index in [1.807, 2.05) is 30.0 Å². The molecule has 0 aliphatic carbocycles. The summed E-state index contributed by atoms with van der Waals surface area (Å²) >= 11 is 0. The van der Waals surface area contributed by atoms with Crippen LogP contribution in [0.15, 0.2) is 12.2 Å². The molecule has 0 atom stereocenters. The molecule has 21 heavy (non-hydrogen) atoms. The minimum atomic E-state index is -0.459. The minimum Gasteiger partial charge on any atom is -0.349 e. The number of nitrogens with zero attached hydrogens (tertiary/aromatic N) is 2. The van der Waals surface area contributed by atoms with Gasteiger partial charge >= 0.3 is 0 Å². The first kappa shape index (κ1) is 16.5. The van der Waals surface area contributed by atoms with Gasteiger partial charge in [-0.25, -0.2) is 0 Å². The summed E-state index contributed by atoms with van der Waals surface area (Å²) in [6.07, 6.45) is 5.10. The Hall–Kier alpha value is -0.910. The Kier molecular flexibility index (Phi) is 5.07. The molecule has 0 radical (unpaired) electrons. The average molecular weight is 296 g/mol. The third-order valence-corrected chi connectivity index (χ3v) is 4.02. The fraction of sp³-hybridized carbons (Fsp3) is 0.812. The molecule has 5 nitrogen and oxygen atoms in total. The number of amides is 1. The largest absolute Gasteiger partial charge is 0.349 e. The maximum Gasteiger partial charge on any atom is 0.246 e. The molecule has 2 rings (SSSR count). The van der Waals surface area contributed by atoms with Crippen LogP contribution in [0.1, 0.15) is 26.7 Å². The van der Waals surface area contributed by atoms with Crippen LogP contribution in [0.5, 0.6) is 0 Å². The Balaban J connectivity index is 1.81. The molecule has 1 amide bonds. The van der Waals surface area contributed by atoms with Crippen LogP contribution < -0.4 is 0 Å². The molecule has 2 fully saturated rings. The van der Waals surface area contributed by atoms with E-state index in [1.165, 1.54) is 0 Å². The molecule has 0 aromatic rings. The molecule has 0 bridgehead atoms. The molecule has 5 heteroatoms. The number of likely N-dealkylation sites (tertiary alicyclic amines) is 1. The van der Waals surface area contributed by atoms with Gasteiger partial charge in [0.2, 0.25) is 5.91 Å². The Morgan fingerprint density at radius 1 is 1.19 bits per heavy atom. The van der Waals surface area contributed by atoms with Crippen LogP contribution in [-0.4, -0.2) is 68.4 Å². The van der Waals surface area contributed by atoms with E-state index in [1.54, 1.807) is 6.08 Å². The molecule has 0 N–H and O–H groups in total. The van der Waals surface area contributed by atoms with Gasteiger partial charge in [-0.1, -0.05) is 19.9 Å². The minimum absolute atomic E-state index is 0.0860. The van der Waals surface area contributed by atoms with Crippen LogP contribution in [0.3, 0.4) is 0 Å². The molecule has 2 aliphatic heterocycles. The highest BCUT2D eigenvalue weighted by molar-refractivity contribution is 5.87. The predicted octanol–water partition coefficient (Wildman–Crippen LogP) is 1.50. The van der Waals surface area contributed by atoms with Crippen molar-refractivity contribution in [2.24, 2.45) is 5.41 Å². The highest BCUT2D eigenvalue weighted by atomic mass is 16.7. The van der Waals surface area contributed by atoms with Crippen molar-refractivity contribution >= 4 is 5.91 Å². The van der Waals surface area contributed by atoms with Gasteiger partial charge in [0.15, 0.2) is 5.79 Å². The smallest absolute Gasteiger partial charge is 0.246 e. The third kappa shape index (κ3) is 4.53. The SMILES string of the molecule is CN(C)CC=CC(=O)N1CCC2(CC1)OCC(C)(C)CO2. The second kappa shape index (κ2) is 6.46. The number of likely N-dealkylation sites (N-methyl/N-ethyl adjacent to an activating group) is 1.